The van der Waals surface area contributed by atoms with E-state index in [1.165, 1.54) is 5.56 Å². The Bertz CT molecular complexity index is 857. The smallest absolute Gasteiger partial charge is 0.262 e. The molecule has 0 aliphatic carbocycles. The summed E-state index contributed by atoms with van der Waals surface area (Å²) in [6, 6.07) is 11.3. The number of anilines is 1. The Morgan fingerprint density at radius 1 is 1.26 bits per heavy atom. The molecule has 1 aliphatic rings. The number of ether oxygens (including phenoxy) is 2. The van der Waals surface area contributed by atoms with E-state index in [9.17, 15) is 9.90 Å². The Hall–Kier alpha value is -3.02. The number of phenolic OH excluding ortho intramolecular Hbond substituents is 1. The molecule has 0 radical (unpaired) electrons. The van der Waals surface area contributed by atoms with Crippen molar-refractivity contribution in [1.29, 1.82) is 0 Å². The van der Waals surface area contributed by atoms with Gasteiger partial charge in [-0.15, -0.1) is 0 Å². The Labute approximate surface area is 158 Å². The third-order valence-corrected chi connectivity index (χ3v) is 4.38. The zero-order chi connectivity index (χ0) is 19.4. The van der Waals surface area contributed by atoms with Crippen LogP contribution >= 0.6 is 0 Å². The number of hydrogen-bond acceptors (Lipinski definition) is 5. The number of phenols is 1. The number of nitrogens with zero attached hydrogens (tertiary/aromatic N) is 1. The summed E-state index contributed by atoms with van der Waals surface area (Å²) < 4.78 is 10.7. The summed E-state index contributed by atoms with van der Waals surface area (Å²) in [6.07, 6.45) is 3.20. The Balaban J connectivity index is 1.69. The lowest BCUT2D eigenvalue weighted by molar-refractivity contribution is -0.118. The molecule has 2 aromatic rings. The largest absolute Gasteiger partial charge is 0.506 e. The maximum atomic E-state index is 11.5. The highest BCUT2D eigenvalue weighted by Crippen LogP contribution is 2.39. The highest BCUT2D eigenvalue weighted by atomic mass is 16.5. The van der Waals surface area contributed by atoms with Crippen LogP contribution in [-0.2, 0) is 17.6 Å². The van der Waals surface area contributed by atoms with E-state index < -0.39 is 0 Å². The van der Waals surface area contributed by atoms with E-state index in [-0.39, 0.29) is 23.8 Å². The predicted molar refractivity (Wildman–Crippen MR) is 105 cm³/mol. The van der Waals surface area contributed by atoms with Crippen LogP contribution in [0, 0.1) is 0 Å². The molecular formula is C21H24N2O4. The summed E-state index contributed by atoms with van der Waals surface area (Å²) in [5.41, 5.74) is 2.12. The first kappa shape index (κ1) is 18.8. The van der Waals surface area contributed by atoms with Crippen LogP contribution in [-0.4, -0.2) is 36.5 Å². The summed E-state index contributed by atoms with van der Waals surface area (Å²) in [5, 5.41) is 12.6. The van der Waals surface area contributed by atoms with Gasteiger partial charge in [-0.3, -0.25) is 9.79 Å². The third kappa shape index (κ3) is 4.58. The van der Waals surface area contributed by atoms with E-state index in [4.69, 9.17) is 14.5 Å². The summed E-state index contributed by atoms with van der Waals surface area (Å²) in [4.78, 5) is 16.2. The van der Waals surface area contributed by atoms with Gasteiger partial charge >= 0.3 is 0 Å². The zero-order valence-electron chi connectivity index (χ0n) is 15.8. The first-order valence-corrected chi connectivity index (χ1v) is 8.82. The molecule has 0 atom stereocenters. The molecule has 0 unspecified atom stereocenters. The zero-order valence-corrected chi connectivity index (χ0v) is 15.8. The standard InChI is InChI=1S/C21H24N2O4/c1-21(2,12-14-4-7-16(26-3)8-5-14)22-11-10-15-6-9-17(24)19-20(15)27-13-18(25)23-19/h4-9,11,24H,10,12-13H2,1-3H3,(H,23,25). The van der Waals surface area contributed by atoms with Crippen molar-refractivity contribution in [3.63, 3.8) is 0 Å². The van der Waals surface area contributed by atoms with Crippen molar-refractivity contribution < 1.29 is 19.4 Å². The number of carbonyl (C=O) groups is 1. The summed E-state index contributed by atoms with van der Waals surface area (Å²) in [5.74, 6) is 1.07. The first-order chi connectivity index (χ1) is 12.9. The van der Waals surface area contributed by atoms with Crippen molar-refractivity contribution in [2.24, 2.45) is 4.99 Å². The Morgan fingerprint density at radius 3 is 2.70 bits per heavy atom. The Kier molecular flexibility index (Phi) is 5.35. The molecule has 0 fully saturated rings. The van der Waals surface area contributed by atoms with E-state index in [1.807, 2.05) is 30.5 Å². The molecule has 0 spiro atoms. The van der Waals surface area contributed by atoms with Crippen molar-refractivity contribution >= 4 is 17.8 Å². The number of methoxy groups -OCH3 is 1. The van der Waals surface area contributed by atoms with Crippen LogP contribution in [0.1, 0.15) is 25.0 Å². The first-order valence-electron chi connectivity index (χ1n) is 8.82. The van der Waals surface area contributed by atoms with Gasteiger partial charge in [0.05, 0.1) is 12.6 Å². The van der Waals surface area contributed by atoms with Gasteiger partial charge in [0.25, 0.3) is 5.91 Å². The van der Waals surface area contributed by atoms with E-state index in [0.717, 1.165) is 17.7 Å². The molecular weight excluding hydrogens is 344 g/mol. The molecule has 27 heavy (non-hydrogen) atoms. The van der Waals surface area contributed by atoms with E-state index in [0.29, 0.717) is 17.9 Å². The van der Waals surface area contributed by atoms with Crippen molar-refractivity contribution in [3.05, 3.63) is 47.5 Å². The van der Waals surface area contributed by atoms with Gasteiger partial charge in [0.2, 0.25) is 0 Å². The highest BCUT2D eigenvalue weighted by molar-refractivity contribution is 5.97. The van der Waals surface area contributed by atoms with Crippen molar-refractivity contribution in [1.82, 2.24) is 0 Å². The van der Waals surface area contributed by atoms with Gasteiger partial charge in [-0.1, -0.05) is 18.2 Å². The van der Waals surface area contributed by atoms with Crippen LogP contribution in [0.2, 0.25) is 0 Å². The number of hydrogen-bond donors (Lipinski definition) is 2. The number of carbonyl (C=O) groups excluding carboxylic acids is 1. The van der Waals surface area contributed by atoms with Gasteiger partial charge in [-0.2, -0.15) is 0 Å². The van der Waals surface area contributed by atoms with Crippen molar-refractivity contribution in [2.75, 3.05) is 19.0 Å². The van der Waals surface area contributed by atoms with E-state index >= 15 is 0 Å². The van der Waals surface area contributed by atoms with Gasteiger partial charge < -0.3 is 19.9 Å². The lowest BCUT2D eigenvalue weighted by Crippen LogP contribution is -2.26. The fourth-order valence-corrected chi connectivity index (χ4v) is 3.05. The number of aromatic hydroxyl groups is 1. The van der Waals surface area contributed by atoms with Crippen LogP contribution in [0.4, 0.5) is 5.69 Å². The Morgan fingerprint density at radius 2 is 2.00 bits per heavy atom. The van der Waals surface area contributed by atoms with Crippen molar-refractivity contribution in [2.45, 2.75) is 32.2 Å². The SMILES string of the molecule is COc1ccc(CC(C)(C)N=CCc2ccc(O)c3c2OCC(=O)N3)cc1. The monoisotopic (exact) mass is 368 g/mol. The maximum Gasteiger partial charge on any atom is 0.262 e. The summed E-state index contributed by atoms with van der Waals surface area (Å²) in [6.45, 7) is 4.11. The lowest BCUT2D eigenvalue weighted by Gasteiger charge is -2.22. The minimum atomic E-state index is -0.274. The number of benzene rings is 2. The number of fused-ring (bicyclic) bond motifs is 1. The molecule has 6 nitrogen and oxygen atoms in total. The predicted octanol–water partition coefficient (Wildman–Crippen LogP) is 3.37. The quantitative estimate of drug-likeness (QED) is 0.605. The van der Waals surface area contributed by atoms with Crippen LogP contribution in [0.5, 0.6) is 17.2 Å². The van der Waals surface area contributed by atoms with Gasteiger partial charge in [-0.05, 0) is 44.0 Å². The molecule has 2 N–H and O–H groups in total. The fraction of sp³-hybridized carbons (Fsp3) is 0.333. The van der Waals surface area contributed by atoms with E-state index in [2.05, 4.69) is 19.2 Å². The summed E-state index contributed by atoms with van der Waals surface area (Å²) >= 11 is 0. The van der Waals surface area contributed by atoms with Gasteiger partial charge in [-0.25, -0.2) is 0 Å². The van der Waals surface area contributed by atoms with Gasteiger partial charge in [0.1, 0.15) is 17.2 Å². The number of nitrogens with one attached hydrogen (secondary N) is 1. The minimum absolute atomic E-state index is 0.00132. The second kappa shape index (κ2) is 7.70. The van der Waals surface area contributed by atoms with Crippen LogP contribution in [0.15, 0.2) is 41.4 Å². The van der Waals surface area contributed by atoms with Gasteiger partial charge in [0.15, 0.2) is 12.4 Å². The molecule has 1 amide bonds. The molecule has 0 saturated carbocycles. The fourth-order valence-electron chi connectivity index (χ4n) is 3.05. The maximum absolute atomic E-state index is 11.5. The van der Waals surface area contributed by atoms with Crippen LogP contribution in [0.25, 0.3) is 0 Å². The number of aliphatic imine (C=N–C) groups is 1. The topological polar surface area (TPSA) is 80.2 Å². The molecule has 1 aliphatic heterocycles. The molecule has 6 heteroatoms. The molecule has 3 rings (SSSR count). The third-order valence-electron chi connectivity index (χ3n) is 4.38. The highest BCUT2D eigenvalue weighted by Gasteiger charge is 2.22. The number of amides is 1. The van der Waals surface area contributed by atoms with Gasteiger partial charge in [0, 0.05) is 18.2 Å². The molecule has 142 valence electrons. The average molecular weight is 368 g/mol. The molecule has 1 heterocycles. The normalized spacial score (nSPS) is 13.8. The van der Waals surface area contributed by atoms with Crippen molar-refractivity contribution in [3.8, 4) is 17.2 Å². The molecule has 0 saturated heterocycles. The number of rotatable bonds is 6. The van der Waals surface area contributed by atoms with Crippen LogP contribution < -0.4 is 14.8 Å². The van der Waals surface area contributed by atoms with Crippen LogP contribution in [0.3, 0.4) is 0 Å². The molecule has 0 aromatic heterocycles. The molecule has 0 bridgehead atoms. The molecule has 2 aromatic carbocycles. The average Bonchev–Trinajstić information content (AvgIpc) is 2.64. The van der Waals surface area contributed by atoms with E-state index in [1.54, 1.807) is 19.2 Å². The second-order valence-electron chi connectivity index (χ2n) is 7.14. The minimum Gasteiger partial charge on any atom is -0.506 e. The lowest BCUT2D eigenvalue weighted by atomic mass is 9.95. The second-order valence-corrected chi connectivity index (χ2v) is 7.14. The summed E-state index contributed by atoms with van der Waals surface area (Å²) in [7, 11) is 1.65.